The van der Waals surface area contributed by atoms with E-state index in [1.807, 2.05) is 0 Å². The summed E-state index contributed by atoms with van der Waals surface area (Å²) in [6, 6.07) is 12.0. The van der Waals surface area contributed by atoms with Crippen LogP contribution < -0.4 is 5.32 Å². The summed E-state index contributed by atoms with van der Waals surface area (Å²) in [6.07, 6.45) is 2.16. The van der Waals surface area contributed by atoms with Crippen LogP contribution in [0.15, 0.2) is 58.3 Å². The SMILES string of the molecule is C[C@@H]1C[C@H](C)CN(S(=O)(=O)c2ccc(C(=O)N[C@H](C)c3ccc(S(C)(=O)=O)cc3)cc2)C1. The Balaban J connectivity index is 1.69. The lowest BCUT2D eigenvalue weighted by Crippen LogP contribution is -2.42. The van der Waals surface area contributed by atoms with Crippen molar-refractivity contribution in [1.82, 2.24) is 9.62 Å². The van der Waals surface area contributed by atoms with E-state index in [2.05, 4.69) is 19.2 Å². The highest BCUT2D eigenvalue weighted by Gasteiger charge is 2.31. The lowest BCUT2D eigenvalue weighted by Gasteiger charge is -2.34. The number of hydrogen-bond acceptors (Lipinski definition) is 5. The van der Waals surface area contributed by atoms with E-state index in [-0.39, 0.29) is 21.7 Å². The Morgan fingerprint density at radius 2 is 1.41 bits per heavy atom. The normalized spacial score (nSPS) is 21.1. The highest BCUT2D eigenvalue weighted by atomic mass is 32.2. The van der Waals surface area contributed by atoms with Crippen LogP contribution in [0.3, 0.4) is 0 Å². The number of hydrogen-bond donors (Lipinski definition) is 1. The van der Waals surface area contributed by atoms with Gasteiger partial charge in [-0.1, -0.05) is 26.0 Å². The number of benzene rings is 2. The van der Waals surface area contributed by atoms with Crippen molar-refractivity contribution in [2.75, 3.05) is 19.3 Å². The third-order valence-corrected chi connectivity index (χ3v) is 8.72. The molecule has 1 amide bonds. The number of rotatable bonds is 6. The van der Waals surface area contributed by atoms with E-state index in [4.69, 9.17) is 0 Å². The van der Waals surface area contributed by atoms with Gasteiger partial charge in [-0.25, -0.2) is 16.8 Å². The molecular weight excluding hydrogens is 448 g/mol. The molecule has 0 bridgehead atoms. The summed E-state index contributed by atoms with van der Waals surface area (Å²) in [5.74, 6) is 0.284. The fraction of sp³-hybridized carbons (Fsp3) is 0.435. The topological polar surface area (TPSA) is 101 Å². The molecule has 32 heavy (non-hydrogen) atoms. The minimum absolute atomic E-state index is 0.180. The second-order valence-corrected chi connectivity index (χ2v) is 12.8. The molecule has 0 spiro atoms. The van der Waals surface area contributed by atoms with Gasteiger partial charge >= 0.3 is 0 Å². The van der Waals surface area contributed by atoms with Crippen LogP contribution in [0.25, 0.3) is 0 Å². The van der Waals surface area contributed by atoms with Crippen LogP contribution in [-0.2, 0) is 19.9 Å². The Kier molecular flexibility index (Phi) is 7.12. The largest absolute Gasteiger partial charge is 0.346 e. The molecule has 2 aromatic carbocycles. The van der Waals surface area contributed by atoms with Crippen molar-refractivity contribution in [1.29, 1.82) is 0 Å². The predicted octanol–water partition coefficient (Wildman–Crippen LogP) is 3.25. The molecule has 0 saturated carbocycles. The molecule has 7 nitrogen and oxygen atoms in total. The van der Waals surface area contributed by atoms with Gasteiger partial charge in [0.15, 0.2) is 9.84 Å². The van der Waals surface area contributed by atoms with E-state index in [1.54, 1.807) is 19.1 Å². The predicted molar refractivity (Wildman–Crippen MR) is 124 cm³/mol. The number of amides is 1. The Hall–Kier alpha value is -2.23. The highest BCUT2D eigenvalue weighted by Crippen LogP contribution is 2.27. The molecule has 9 heteroatoms. The van der Waals surface area contributed by atoms with Crippen LogP contribution in [0.4, 0.5) is 0 Å². The summed E-state index contributed by atoms with van der Waals surface area (Å²) in [5.41, 5.74) is 1.11. The van der Waals surface area contributed by atoms with Crippen LogP contribution in [-0.4, -0.2) is 46.4 Å². The van der Waals surface area contributed by atoms with Gasteiger partial charge in [-0.05, 0) is 67.1 Å². The lowest BCUT2D eigenvalue weighted by molar-refractivity contribution is 0.0939. The van der Waals surface area contributed by atoms with Gasteiger partial charge in [0.2, 0.25) is 10.0 Å². The Bertz CT molecular complexity index is 1160. The third kappa shape index (κ3) is 5.57. The average molecular weight is 479 g/mol. The first-order valence-corrected chi connectivity index (χ1v) is 13.9. The lowest BCUT2D eigenvalue weighted by atomic mass is 9.94. The molecule has 1 saturated heterocycles. The standard InChI is InChI=1S/C23H30N2O5S2/c1-16-13-17(2)15-25(14-16)32(29,30)22-11-7-20(8-12-22)23(26)24-18(3)19-5-9-21(10-6-19)31(4,27)28/h5-12,16-18H,13-15H2,1-4H3,(H,24,26)/t16-,17+,18-/m1/s1. The number of piperidine rings is 1. The van der Waals surface area contributed by atoms with E-state index in [0.29, 0.717) is 30.5 Å². The van der Waals surface area contributed by atoms with Gasteiger partial charge in [-0.3, -0.25) is 4.79 Å². The molecule has 1 aliphatic heterocycles. The Labute approximate surface area is 190 Å². The van der Waals surface area contributed by atoms with Crippen LogP contribution in [0.1, 0.15) is 49.2 Å². The first-order chi connectivity index (χ1) is 14.9. The van der Waals surface area contributed by atoms with Crippen molar-refractivity contribution < 1.29 is 21.6 Å². The molecule has 0 aliphatic carbocycles. The number of carbonyl (C=O) groups excluding carboxylic acids is 1. The fourth-order valence-corrected chi connectivity index (χ4v) is 6.41. The number of nitrogens with one attached hydrogen (secondary N) is 1. The number of sulfone groups is 1. The second-order valence-electron chi connectivity index (χ2n) is 8.83. The molecule has 1 heterocycles. The van der Waals surface area contributed by atoms with Gasteiger partial charge in [0.25, 0.3) is 5.91 Å². The van der Waals surface area contributed by atoms with E-state index in [0.717, 1.165) is 18.2 Å². The fourth-order valence-electron chi connectivity index (χ4n) is 4.10. The van der Waals surface area contributed by atoms with Gasteiger partial charge < -0.3 is 5.32 Å². The molecular formula is C23H30N2O5S2. The quantitative estimate of drug-likeness (QED) is 0.687. The first kappa shape index (κ1) is 24.4. The second kappa shape index (κ2) is 9.33. The van der Waals surface area contributed by atoms with Gasteiger partial charge in [0, 0.05) is 24.9 Å². The smallest absolute Gasteiger partial charge is 0.251 e. The molecule has 2 aromatic rings. The summed E-state index contributed by atoms with van der Waals surface area (Å²) < 4.78 is 50.7. The van der Waals surface area contributed by atoms with Gasteiger partial charge in [0.05, 0.1) is 15.8 Å². The Morgan fingerprint density at radius 3 is 1.91 bits per heavy atom. The summed E-state index contributed by atoms with van der Waals surface area (Å²) >= 11 is 0. The van der Waals surface area contributed by atoms with Gasteiger partial charge in [-0.15, -0.1) is 0 Å². The maximum Gasteiger partial charge on any atom is 0.251 e. The van der Waals surface area contributed by atoms with E-state index < -0.39 is 19.9 Å². The van der Waals surface area contributed by atoms with Crippen LogP contribution in [0, 0.1) is 11.8 Å². The maximum absolute atomic E-state index is 13.0. The molecule has 3 rings (SSSR count). The maximum atomic E-state index is 13.0. The van der Waals surface area contributed by atoms with Crippen LogP contribution in [0.5, 0.6) is 0 Å². The minimum atomic E-state index is -3.60. The molecule has 0 unspecified atom stereocenters. The highest BCUT2D eigenvalue weighted by molar-refractivity contribution is 7.90. The van der Waals surface area contributed by atoms with E-state index >= 15 is 0 Å². The summed E-state index contributed by atoms with van der Waals surface area (Å²) in [5, 5.41) is 2.86. The molecule has 174 valence electrons. The molecule has 1 aliphatic rings. The molecule has 1 N–H and O–H groups in total. The molecule has 3 atom stereocenters. The van der Waals surface area contributed by atoms with Crippen molar-refractivity contribution in [3.8, 4) is 0 Å². The Morgan fingerprint density at radius 1 is 0.906 bits per heavy atom. The van der Waals surface area contributed by atoms with Crippen molar-refractivity contribution >= 4 is 25.8 Å². The zero-order valence-electron chi connectivity index (χ0n) is 18.8. The third-order valence-electron chi connectivity index (χ3n) is 5.75. The zero-order valence-corrected chi connectivity index (χ0v) is 20.4. The van der Waals surface area contributed by atoms with Crippen LogP contribution >= 0.6 is 0 Å². The average Bonchev–Trinajstić information content (AvgIpc) is 2.72. The van der Waals surface area contributed by atoms with Crippen molar-refractivity contribution in [3.63, 3.8) is 0 Å². The first-order valence-electron chi connectivity index (χ1n) is 10.6. The zero-order chi connectivity index (χ0) is 23.7. The van der Waals surface area contributed by atoms with Crippen molar-refractivity contribution in [2.45, 2.75) is 43.0 Å². The van der Waals surface area contributed by atoms with Crippen LogP contribution in [0.2, 0.25) is 0 Å². The monoisotopic (exact) mass is 478 g/mol. The van der Waals surface area contributed by atoms with Crippen molar-refractivity contribution in [2.24, 2.45) is 11.8 Å². The summed E-state index contributed by atoms with van der Waals surface area (Å²) in [6.45, 7) is 6.92. The number of sulfonamides is 1. The number of nitrogens with zero attached hydrogens (tertiary/aromatic N) is 1. The van der Waals surface area contributed by atoms with Crippen molar-refractivity contribution in [3.05, 3.63) is 59.7 Å². The molecule has 0 radical (unpaired) electrons. The summed E-state index contributed by atoms with van der Waals surface area (Å²) in [7, 11) is -6.88. The van der Waals surface area contributed by atoms with Gasteiger partial charge in [0.1, 0.15) is 0 Å². The van der Waals surface area contributed by atoms with E-state index in [9.17, 15) is 21.6 Å². The number of carbonyl (C=O) groups is 1. The molecule has 0 aromatic heterocycles. The molecule has 1 fully saturated rings. The van der Waals surface area contributed by atoms with Gasteiger partial charge in [-0.2, -0.15) is 4.31 Å². The minimum Gasteiger partial charge on any atom is -0.346 e. The van der Waals surface area contributed by atoms with E-state index in [1.165, 1.54) is 40.7 Å². The summed E-state index contributed by atoms with van der Waals surface area (Å²) in [4.78, 5) is 13.0.